The van der Waals surface area contributed by atoms with Crippen LogP contribution in [0.1, 0.15) is 24.0 Å². The molecule has 0 nitrogen and oxygen atoms in total. The first kappa shape index (κ1) is 15.6. The third-order valence-electron chi connectivity index (χ3n) is 3.49. The quantitative estimate of drug-likeness (QED) is 0.458. The molecule has 0 spiro atoms. The van der Waals surface area contributed by atoms with Crippen molar-refractivity contribution in [2.45, 2.75) is 31.4 Å². The Balaban J connectivity index is 1.80. The summed E-state index contributed by atoms with van der Waals surface area (Å²) in [5.41, 5.74) is 2.71. The molecule has 0 heterocycles. The molecule has 2 aromatic rings. The summed E-state index contributed by atoms with van der Waals surface area (Å²) in [7, 11) is -0.804. The zero-order valence-corrected chi connectivity index (χ0v) is 14.2. The monoisotopic (exact) mass is 321 g/mol. The molecule has 1 atom stereocenters. The lowest BCUT2D eigenvalue weighted by Crippen LogP contribution is -2.09. The molecule has 1 radical (unpaired) electrons. The molecule has 3 heteroatoms. The van der Waals surface area contributed by atoms with Crippen LogP contribution in [0.2, 0.25) is 17.1 Å². The molecule has 2 rings (SSSR count). The summed E-state index contributed by atoms with van der Waals surface area (Å²) in [6.45, 7) is 2.27. The average Bonchev–Trinajstić information content (AvgIpc) is 2.47. The molecular formula is C17H19Cl2Si. The highest BCUT2D eigenvalue weighted by Gasteiger charge is 2.14. The molecule has 20 heavy (non-hydrogen) atoms. The van der Waals surface area contributed by atoms with Crippen molar-refractivity contribution in [2.75, 3.05) is 0 Å². The van der Waals surface area contributed by atoms with Crippen molar-refractivity contribution in [3.05, 3.63) is 70.7 Å². The molecule has 0 aliphatic rings. The van der Waals surface area contributed by atoms with Gasteiger partial charge in [0.15, 0.2) is 8.11 Å². The van der Waals surface area contributed by atoms with Crippen LogP contribution in [0.4, 0.5) is 0 Å². The molecule has 0 bridgehead atoms. The molecule has 0 fully saturated rings. The first-order valence-electron chi connectivity index (χ1n) is 6.94. The van der Waals surface area contributed by atoms with E-state index in [4.69, 9.17) is 22.7 Å². The lowest BCUT2D eigenvalue weighted by Gasteiger charge is -2.14. The van der Waals surface area contributed by atoms with Gasteiger partial charge in [0, 0.05) is 5.02 Å². The van der Waals surface area contributed by atoms with Gasteiger partial charge in [0.25, 0.3) is 0 Å². The van der Waals surface area contributed by atoms with Gasteiger partial charge >= 0.3 is 0 Å². The predicted octanol–water partition coefficient (Wildman–Crippen LogP) is 5.92. The van der Waals surface area contributed by atoms with Crippen molar-refractivity contribution in [1.29, 1.82) is 0 Å². The van der Waals surface area contributed by atoms with Crippen molar-refractivity contribution < 1.29 is 0 Å². The topological polar surface area (TPSA) is 0 Å². The maximum Gasteiger partial charge on any atom is 0.166 e. The Labute approximate surface area is 133 Å². The minimum Gasteiger partial charge on any atom is -0.169 e. The number of hydrogen-bond acceptors (Lipinski definition) is 0. The molecule has 0 saturated heterocycles. The van der Waals surface area contributed by atoms with E-state index in [-0.39, 0.29) is 0 Å². The van der Waals surface area contributed by atoms with E-state index >= 15 is 0 Å². The van der Waals surface area contributed by atoms with E-state index in [1.807, 2.05) is 12.1 Å². The van der Waals surface area contributed by atoms with Crippen LogP contribution in [0.5, 0.6) is 0 Å². The van der Waals surface area contributed by atoms with Gasteiger partial charge in [0.05, 0.1) is 0 Å². The predicted molar refractivity (Wildman–Crippen MR) is 91.2 cm³/mol. The van der Waals surface area contributed by atoms with E-state index in [0.29, 0.717) is 5.92 Å². The van der Waals surface area contributed by atoms with Crippen LogP contribution < -0.4 is 0 Å². The highest BCUT2D eigenvalue weighted by Crippen LogP contribution is 2.24. The molecule has 105 valence electrons. The van der Waals surface area contributed by atoms with E-state index in [1.54, 1.807) is 0 Å². The van der Waals surface area contributed by atoms with Crippen molar-refractivity contribution in [1.82, 2.24) is 0 Å². The van der Waals surface area contributed by atoms with E-state index < -0.39 is 8.11 Å². The summed E-state index contributed by atoms with van der Waals surface area (Å²) in [5.74, 6) is 0.549. The van der Waals surface area contributed by atoms with E-state index in [2.05, 4.69) is 49.4 Å². The summed E-state index contributed by atoms with van der Waals surface area (Å²) >= 11 is 12.5. The second-order valence-electron chi connectivity index (χ2n) is 5.16. The van der Waals surface area contributed by atoms with Crippen LogP contribution in [0.25, 0.3) is 0 Å². The average molecular weight is 322 g/mol. The lowest BCUT2D eigenvalue weighted by atomic mass is 10.0. The van der Waals surface area contributed by atoms with Crippen molar-refractivity contribution in [3.8, 4) is 0 Å². The first-order chi connectivity index (χ1) is 9.65. The van der Waals surface area contributed by atoms with Gasteiger partial charge in [-0.05, 0) is 47.7 Å². The Bertz CT molecular complexity index is 510. The molecule has 1 unspecified atom stereocenters. The zero-order valence-electron chi connectivity index (χ0n) is 11.7. The standard InChI is InChI=1S/C17H19Cl2Si/c1-14(16-5-3-2-4-6-16)13-20(19)12-11-15-7-9-17(18)10-8-15/h2-10,14H,11-13H2,1H3. The van der Waals surface area contributed by atoms with Gasteiger partial charge in [-0.15, -0.1) is 0 Å². The minimum absolute atomic E-state index is 0.549. The van der Waals surface area contributed by atoms with Gasteiger partial charge in [-0.1, -0.05) is 61.0 Å². The SMILES string of the molecule is CC(C[Si](Cl)CCc1ccc(Cl)cc1)c1ccccc1. The number of benzene rings is 2. The minimum atomic E-state index is -0.804. The Morgan fingerprint density at radius 3 is 2.30 bits per heavy atom. The number of aryl methyl sites for hydroxylation is 1. The van der Waals surface area contributed by atoms with Gasteiger partial charge in [0.2, 0.25) is 0 Å². The third kappa shape index (κ3) is 4.97. The Morgan fingerprint density at radius 2 is 1.65 bits per heavy atom. The molecule has 0 saturated carbocycles. The fraction of sp³-hybridized carbons (Fsp3) is 0.294. The zero-order chi connectivity index (χ0) is 14.4. The Hall–Kier alpha value is -0.763. The third-order valence-corrected chi connectivity index (χ3v) is 6.62. The normalized spacial score (nSPS) is 12.6. The Kier molecular flexibility index (Phi) is 6.15. The second-order valence-corrected chi connectivity index (χ2v) is 9.14. The number of hydrogen-bond donors (Lipinski definition) is 0. The molecule has 0 amide bonds. The van der Waals surface area contributed by atoms with E-state index in [0.717, 1.165) is 23.5 Å². The van der Waals surface area contributed by atoms with Gasteiger partial charge in [-0.2, -0.15) is 11.1 Å². The maximum atomic E-state index is 6.58. The molecule has 0 aliphatic heterocycles. The Morgan fingerprint density at radius 1 is 1.00 bits per heavy atom. The smallest absolute Gasteiger partial charge is 0.166 e. The van der Waals surface area contributed by atoms with Crippen LogP contribution in [0.15, 0.2) is 54.6 Å². The van der Waals surface area contributed by atoms with Crippen LogP contribution in [-0.4, -0.2) is 8.11 Å². The lowest BCUT2D eigenvalue weighted by molar-refractivity contribution is 0.851. The molecule has 0 N–H and O–H groups in total. The van der Waals surface area contributed by atoms with Crippen molar-refractivity contribution in [3.63, 3.8) is 0 Å². The largest absolute Gasteiger partial charge is 0.169 e. The number of halogens is 2. The van der Waals surface area contributed by atoms with Crippen LogP contribution in [0, 0.1) is 0 Å². The first-order valence-corrected chi connectivity index (χ1v) is 10.2. The van der Waals surface area contributed by atoms with Gasteiger partial charge in [-0.25, -0.2) is 0 Å². The summed E-state index contributed by atoms with van der Waals surface area (Å²) < 4.78 is 0. The summed E-state index contributed by atoms with van der Waals surface area (Å²) in [4.78, 5) is 0. The highest BCUT2D eigenvalue weighted by atomic mass is 35.6. The van der Waals surface area contributed by atoms with Gasteiger partial charge in [-0.3, -0.25) is 0 Å². The summed E-state index contributed by atoms with van der Waals surface area (Å²) in [6.07, 6.45) is 1.05. The van der Waals surface area contributed by atoms with Crippen LogP contribution >= 0.6 is 22.7 Å². The fourth-order valence-corrected chi connectivity index (χ4v) is 5.03. The molecule has 0 aromatic heterocycles. The van der Waals surface area contributed by atoms with Crippen molar-refractivity contribution in [2.24, 2.45) is 0 Å². The number of rotatable bonds is 6. The second kappa shape index (κ2) is 7.87. The summed E-state index contributed by atoms with van der Waals surface area (Å²) in [5, 5.41) is 0.794. The molecule has 2 aromatic carbocycles. The molecular weight excluding hydrogens is 303 g/mol. The van der Waals surface area contributed by atoms with Crippen LogP contribution in [0.3, 0.4) is 0 Å². The highest BCUT2D eigenvalue weighted by molar-refractivity contribution is 7.07. The van der Waals surface area contributed by atoms with E-state index in [1.165, 1.54) is 11.1 Å². The summed E-state index contributed by atoms with van der Waals surface area (Å²) in [6, 6.07) is 20.9. The van der Waals surface area contributed by atoms with Crippen LogP contribution in [-0.2, 0) is 6.42 Å². The molecule has 0 aliphatic carbocycles. The van der Waals surface area contributed by atoms with E-state index in [9.17, 15) is 0 Å². The fourth-order valence-electron chi connectivity index (χ4n) is 2.26. The maximum absolute atomic E-state index is 6.58. The van der Waals surface area contributed by atoms with Gasteiger partial charge < -0.3 is 0 Å². The van der Waals surface area contributed by atoms with Gasteiger partial charge in [0.1, 0.15) is 0 Å². The van der Waals surface area contributed by atoms with Crippen molar-refractivity contribution >= 4 is 30.8 Å².